The molecule has 7 heteroatoms. The van der Waals surface area contributed by atoms with Crippen LogP contribution in [0.25, 0.3) is 17.7 Å². The summed E-state index contributed by atoms with van der Waals surface area (Å²) >= 11 is 5.93. The first kappa shape index (κ1) is 24.4. The van der Waals surface area contributed by atoms with Crippen molar-refractivity contribution in [2.45, 2.75) is 0 Å². The number of methoxy groups -OCH3 is 3. The molecule has 0 heterocycles. The van der Waals surface area contributed by atoms with Gasteiger partial charge in [-0.05, 0) is 59.7 Å². The number of benzene rings is 3. The standard InChI is InChI=1S/C27H22ClNO5/c1-31-23-11-7-20(25(16-23)32-2)8-13-27(30)34-24-12-4-18(15-26(24)33-3)14-21(17-29)19-5-9-22(28)10-6-19/h4-16H,1-3H3/b13-8+,21-14+. The molecule has 0 amide bonds. The van der Waals surface area contributed by atoms with E-state index < -0.39 is 5.97 Å². The second-order valence-electron chi connectivity index (χ2n) is 6.95. The number of esters is 1. The Balaban J connectivity index is 1.78. The van der Waals surface area contributed by atoms with E-state index in [2.05, 4.69) is 6.07 Å². The third-order valence-electron chi connectivity index (χ3n) is 4.82. The highest BCUT2D eigenvalue weighted by Crippen LogP contribution is 2.31. The second-order valence-corrected chi connectivity index (χ2v) is 7.39. The van der Waals surface area contributed by atoms with E-state index in [9.17, 15) is 10.1 Å². The Morgan fingerprint density at radius 2 is 1.62 bits per heavy atom. The van der Waals surface area contributed by atoms with Crippen molar-refractivity contribution in [2.75, 3.05) is 21.3 Å². The lowest BCUT2D eigenvalue weighted by atomic mass is 10.0. The number of allylic oxidation sites excluding steroid dienone is 1. The van der Waals surface area contributed by atoms with E-state index in [1.807, 2.05) is 0 Å². The lowest BCUT2D eigenvalue weighted by molar-refractivity contribution is -0.129. The molecular formula is C27H22ClNO5. The van der Waals surface area contributed by atoms with Crippen molar-refractivity contribution in [1.82, 2.24) is 0 Å². The molecule has 0 saturated heterocycles. The number of hydrogen-bond acceptors (Lipinski definition) is 6. The molecule has 0 N–H and O–H groups in total. The Bertz CT molecular complexity index is 1270. The number of rotatable bonds is 8. The number of hydrogen-bond donors (Lipinski definition) is 0. The van der Waals surface area contributed by atoms with Crippen LogP contribution in [0.4, 0.5) is 0 Å². The van der Waals surface area contributed by atoms with Crippen LogP contribution in [0.15, 0.2) is 66.7 Å². The number of halogens is 1. The molecule has 3 rings (SSSR count). The van der Waals surface area contributed by atoms with E-state index in [1.165, 1.54) is 20.3 Å². The maximum atomic E-state index is 12.4. The SMILES string of the molecule is COc1ccc(/C=C/C(=O)Oc2ccc(/C=C(\C#N)c3ccc(Cl)cc3)cc2OC)c(OC)c1. The van der Waals surface area contributed by atoms with E-state index in [1.54, 1.807) is 79.9 Å². The summed E-state index contributed by atoms with van der Waals surface area (Å²) in [6.45, 7) is 0. The predicted octanol–water partition coefficient (Wildman–Crippen LogP) is 6.05. The minimum Gasteiger partial charge on any atom is -0.497 e. The van der Waals surface area contributed by atoms with Gasteiger partial charge in [-0.25, -0.2) is 4.79 Å². The molecule has 0 spiro atoms. The lowest BCUT2D eigenvalue weighted by Gasteiger charge is -2.09. The maximum absolute atomic E-state index is 12.4. The van der Waals surface area contributed by atoms with Crippen LogP contribution < -0.4 is 18.9 Å². The fourth-order valence-electron chi connectivity index (χ4n) is 3.09. The highest BCUT2D eigenvalue weighted by atomic mass is 35.5. The molecule has 3 aromatic carbocycles. The first-order chi connectivity index (χ1) is 16.5. The average molecular weight is 476 g/mol. The van der Waals surface area contributed by atoms with Crippen LogP contribution in [0.5, 0.6) is 23.0 Å². The highest BCUT2D eigenvalue weighted by molar-refractivity contribution is 6.30. The highest BCUT2D eigenvalue weighted by Gasteiger charge is 2.10. The quantitative estimate of drug-likeness (QED) is 0.130. The number of nitrogens with zero attached hydrogens (tertiary/aromatic N) is 1. The zero-order chi connectivity index (χ0) is 24.5. The van der Waals surface area contributed by atoms with Crippen molar-refractivity contribution in [2.24, 2.45) is 0 Å². The van der Waals surface area contributed by atoms with Gasteiger partial charge < -0.3 is 18.9 Å². The van der Waals surface area contributed by atoms with Crippen LogP contribution in [0.1, 0.15) is 16.7 Å². The summed E-state index contributed by atoms with van der Waals surface area (Å²) in [4.78, 5) is 12.4. The maximum Gasteiger partial charge on any atom is 0.336 e. The van der Waals surface area contributed by atoms with Crippen molar-refractivity contribution in [3.63, 3.8) is 0 Å². The molecule has 172 valence electrons. The third-order valence-corrected chi connectivity index (χ3v) is 5.08. The molecule has 0 aliphatic rings. The molecule has 0 bridgehead atoms. The van der Waals surface area contributed by atoms with Crippen LogP contribution >= 0.6 is 11.6 Å². The van der Waals surface area contributed by atoms with Crippen LogP contribution in [0.3, 0.4) is 0 Å². The minimum atomic E-state index is -0.585. The van der Waals surface area contributed by atoms with Crippen LogP contribution in [-0.4, -0.2) is 27.3 Å². The third kappa shape index (κ3) is 6.18. The van der Waals surface area contributed by atoms with E-state index in [0.29, 0.717) is 39.0 Å². The van der Waals surface area contributed by atoms with Crippen molar-refractivity contribution in [1.29, 1.82) is 5.26 Å². The monoisotopic (exact) mass is 475 g/mol. The number of carbonyl (C=O) groups excluding carboxylic acids is 1. The topological polar surface area (TPSA) is 77.8 Å². The Labute approximate surface area is 203 Å². The van der Waals surface area contributed by atoms with Gasteiger partial charge in [0, 0.05) is 22.7 Å². The van der Waals surface area contributed by atoms with Gasteiger partial charge in [0.1, 0.15) is 11.5 Å². The van der Waals surface area contributed by atoms with Crippen LogP contribution in [0, 0.1) is 11.3 Å². The Morgan fingerprint density at radius 3 is 2.26 bits per heavy atom. The van der Waals surface area contributed by atoms with Gasteiger partial charge in [-0.3, -0.25) is 0 Å². The summed E-state index contributed by atoms with van der Waals surface area (Å²) in [6, 6.07) is 19.5. The minimum absolute atomic E-state index is 0.251. The molecule has 0 fully saturated rings. The smallest absolute Gasteiger partial charge is 0.336 e. The van der Waals surface area contributed by atoms with Gasteiger partial charge in [-0.2, -0.15) is 5.26 Å². The normalized spacial score (nSPS) is 11.1. The van der Waals surface area contributed by atoms with Crippen molar-refractivity contribution >= 4 is 35.3 Å². The van der Waals surface area contributed by atoms with Gasteiger partial charge in [-0.15, -0.1) is 0 Å². The predicted molar refractivity (Wildman–Crippen MR) is 132 cm³/mol. The fourth-order valence-corrected chi connectivity index (χ4v) is 3.22. The number of nitriles is 1. The fraction of sp³-hybridized carbons (Fsp3) is 0.111. The number of ether oxygens (including phenoxy) is 4. The van der Waals surface area contributed by atoms with Crippen molar-refractivity contribution in [3.05, 3.63) is 88.5 Å². The Morgan fingerprint density at radius 1 is 0.882 bits per heavy atom. The molecule has 34 heavy (non-hydrogen) atoms. The summed E-state index contributed by atoms with van der Waals surface area (Å²) in [6.07, 6.45) is 4.61. The molecule has 6 nitrogen and oxygen atoms in total. The van der Waals surface area contributed by atoms with Gasteiger partial charge in [0.25, 0.3) is 0 Å². The summed E-state index contributed by atoms with van der Waals surface area (Å²) in [5, 5.41) is 10.1. The van der Waals surface area contributed by atoms with E-state index in [4.69, 9.17) is 30.5 Å². The van der Waals surface area contributed by atoms with E-state index in [0.717, 1.165) is 5.56 Å². The number of carbonyl (C=O) groups is 1. The molecule has 0 aliphatic carbocycles. The van der Waals surface area contributed by atoms with Crippen molar-refractivity contribution < 1.29 is 23.7 Å². The first-order valence-electron chi connectivity index (χ1n) is 10.1. The molecule has 0 atom stereocenters. The van der Waals surface area contributed by atoms with Crippen LogP contribution in [-0.2, 0) is 4.79 Å². The van der Waals surface area contributed by atoms with Gasteiger partial charge in [0.15, 0.2) is 11.5 Å². The molecule has 3 aromatic rings. The summed E-state index contributed by atoms with van der Waals surface area (Å²) in [7, 11) is 4.58. The van der Waals surface area contributed by atoms with Gasteiger partial charge in [0.2, 0.25) is 0 Å². The second kappa shape index (κ2) is 11.6. The Hall–Kier alpha value is -4.21. The molecule has 0 aliphatic heterocycles. The molecule has 0 radical (unpaired) electrons. The van der Waals surface area contributed by atoms with Gasteiger partial charge in [-0.1, -0.05) is 29.8 Å². The van der Waals surface area contributed by atoms with Gasteiger partial charge in [0.05, 0.1) is 33.0 Å². The Kier molecular flexibility index (Phi) is 8.33. The van der Waals surface area contributed by atoms with E-state index in [-0.39, 0.29) is 5.75 Å². The molecule has 0 unspecified atom stereocenters. The molecule has 0 aromatic heterocycles. The zero-order valence-electron chi connectivity index (χ0n) is 18.9. The zero-order valence-corrected chi connectivity index (χ0v) is 19.6. The lowest BCUT2D eigenvalue weighted by Crippen LogP contribution is -2.05. The summed E-state index contributed by atoms with van der Waals surface area (Å²) in [5.41, 5.74) is 2.60. The average Bonchev–Trinajstić information content (AvgIpc) is 2.87. The molecule has 0 saturated carbocycles. The summed E-state index contributed by atoms with van der Waals surface area (Å²) < 4.78 is 21.3. The first-order valence-corrected chi connectivity index (χ1v) is 10.5. The van der Waals surface area contributed by atoms with Gasteiger partial charge >= 0.3 is 5.97 Å². The van der Waals surface area contributed by atoms with E-state index >= 15 is 0 Å². The van der Waals surface area contributed by atoms with Crippen molar-refractivity contribution in [3.8, 4) is 29.1 Å². The largest absolute Gasteiger partial charge is 0.497 e. The molecular weight excluding hydrogens is 454 g/mol. The summed E-state index contributed by atoms with van der Waals surface area (Å²) in [5.74, 6) is 1.22. The van der Waals surface area contributed by atoms with Crippen LogP contribution in [0.2, 0.25) is 5.02 Å².